The van der Waals surface area contributed by atoms with Gasteiger partial charge in [-0.25, -0.2) is 19.9 Å². The highest BCUT2D eigenvalue weighted by Gasteiger charge is 2.40. The average Bonchev–Trinajstić information content (AvgIpc) is 3.40. The Kier molecular flexibility index (Phi) is 4.05. The first-order valence-electron chi connectivity index (χ1n) is 10.6. The van der Waals surface area contributed by atoms with E-state index in [-0.39, 0.29) is 6.04 Å². The largest absolute Gasteiger partial charge is 0.341 e. The number of aromatic nitrogens is 9. The predicted octanol–water partition coefficient (Wildman–Crippen LogP) is 2.83. The number of nitrogens with zero attached hydrogens (tertiary/aromatic N) is 10. The fourth-order valence-electron chi connectivity index (χ4n) is 4.50. The third-order valence-electron chi connectivity index (χ3n) is 6.18. The van der Waals surface area contributed by atoms with E-state index in [0.717, 1.165) is 42.4 Å². The molecule has 4 aromatic rings. The molecule has 5 heterocycles. The van der Waals surface area contributed by atoms with Crippen LogP contribution >= 0.6 is 0 Å². The average molecular weight is 414 g/mol. The lowest BCUT2D eigenvalue weighted by molar-refractivity contribution is 0.341. The molecule has 1 saturated carbocycles. The van der Waals surface area contributed by atoms with Crippen molar-refractivity contribution in [2.24, 2.45) is 0 Å². The van der Waals surface area contributed by atoms with Gasteiger partial charge in [0.15, 0.2) is 23.3 Å². The number of hydrogen-bond acceptors (Lipinski definition) is 8. The Morgan fingerprint density at radius 1 is 1.03 bits per heavy atom. The van der Waals surface area contributed by atoms with E-state index in [2.05, 4.69) is 46.5 Å². The fraction of sp³-hybridized carbons (Fsp3) is 0.381. The molecule has 10 heteroatoms. The Labute approximate surface area is 179 Å². The van der Waals surface area contributed by atoms with Gasteiger partial charge in [-0.1, -0.05) is 6.92 Å². The van der Waals surface area contributed by atoms with Gasteiger partial charge in [0.25, 0.3) is 0 Å². The van der Waals surface area contributed by atoms with E-state index in [1.165, 1.54) is 6.42 Å². The van der Waals surface area contributed by atoms with Crippen molar-refractivity contribution in [3.05, 3.63) is 48.7 Å². The molecule has 6 rings (SSSR count). The van der Waals surface area contributed by atoms with Crippen molar-refractivity contribution in [1.29, 1.82) is 0 Å². The lowest BCUT2D eigenvalue weighted by Crippen LogP contribution is -2.46. The first-order chi connectivity index (χ1) is 15.3. The normalized spacial score (nSPS) is 17.9. The van der Waals surface area contributed by atoms with Crippen molar-refractivity contribution < 1.29 is 0 Å². The maximum atomic E-state index is 5.05. The second-order valence-corrected chi connectivity index (χ2v) is 7.93. The van der Waals surface area contributed by atoms with Crippen LogP contribution in [0.2, 0.25) is 0 Å². The quantitative estimate of drug-likeness (QED) is 0.502. The second kappa shape index (κ2) is 6.93. The maximum absolute atomic E-state index is 5.05. The molecule has 1 aliphatic carbocycles. The summed E-state index contributed by atoms with van der Waals surface area (Å²) in [6.45, 7) is 4.17. The van der Waals surface area contributed by atoms with E-state index in [4.69, 9.17) is 4.98 Å². The topological polar surface area (TPSA) is 103 Å². The van der Waals surface area contributed by atoms with Gasteiger partial charge < -0.3 is 4.90 Å². The minimum Gasteiger partial charge on any atom is -0.341 e. The molecule has 1 atom stereocenters. The molecule has 0 unspecified atom stereocenters. The summed E-state index contributed by atoms with van der Waals surface area (Å²) in [6.07, 6.45) is 13.3. The minimum atomic E-state index is 0.140. The highest BCUT2D eigenvalue weighted by atomic mass is 15.4. The summed E-state index contributed by atoms with van der Waals surface area (Å²) >= 11 is 0. The number of aryl methyl sites for hydroxylation is 1. The molecule has 0 bridgehead atoms. The number of rotatable bonds is 4. The fourth-order valence-corrected chi connectivity index (χ4v) is 4.50. The molecule has 31 heavy (non-hydrogen) atoms. The Hall–Kier alpha value is -3.69. The maximum Gasteiger partial charge on any atom is 0.237 e. The van der Waals surface area contributed by atoms with Crippen LogP contribution in [0.25, 0.3) is 23.3 Å². The highest BCUT2D eigenvalue weighted by molar-refractivity contribution is 5.64. The summed E-state index contributed by atoms with van der Waals surface area (Å²) < 4.78 is 3.93. The van der Waals surface area contributed by atoms with E-state index >= 15 is 0 Å². The lowest BCUT2D eigenvalue weighted by Gasteiger charge is -2.45. The van der Waals surface area contributed by atoms with E-state index in [0.29, 0.717) is 23.6 Å². The van der Waals surface area contributed by atoms with Crippen LogP contribution in [0.3, 0.4) is 0 Å². The predicted molar refractivity (Wildman–Crippen MR) is 113 cm³/mol. The SMILES string of the molecule is CC[C@@H]1c2nnc(C)n2-c2cnc(-n3ccnc3-c3ncccn3)nc2N1C1CCC1. The molecular weight excluding hydrogens is 392 g/mol. The minimum absolute atomic E-state index is 0.140. The zero-order valence-corrected chi connectivity index (χ0v) is 17.4. The molecule has 0 N–H and O–H groups in total. The van der Waals surface area contributed by atoms with E-state index in [9.17, 15) is 0 Å². The Bertz CT molecular complexity index is 1240. The molecule has 0 aromatic carbocycles. The smallest absolute Gasteiger partial charge is 0.237 e. The van der Waals surface area contributed by atoms with Crippen LogP contribution in [0, 0.1) is 6.92 Å². The summed E-state index contributed by atoms with van der Waals surface area (Å²) in [5.74, 6) is 4.43. The van der Waals surface area contributed by atoms with Gasteiger partial charge in [0.2, 0.25) is 5.95 Å². The third kappa shape index (κ3) is 2.67. The zero-order valence-electron chi connectivity index (χ0n) is 17.4. The Balaban J connectivity index is 1.53. The van der Waals surface area contributed by atoms with E-state index in [1.807, 2.05) is 23.9 Å². The Morgan fingerprint density at radius 2 is 1.87 bits per heavy atom. The zero-order chi connectivity index (χ0) is 20.9. The highest BCUT2D eigenvalue weighted by Crippen LogP contribution is 2.43. The summed E-state index contributed by atoms with van der Waals surface area (Å²) in [5.41, 5.74) is 0.926. The van der Waals surface area contributed by atoms with Gasteiger partial charge in [-0.15, -0.1) is 10.2 Å². The summed E-state index contributed by atoms with van der Waals surface area (Å²) in [6, 6.07) is 2.38. The van der Waals surface area contributed by atoms with Crippen molar-refractivity contribution in [3.63, 3.8) is 0 Å². The van der Waals surface area contributed by atoms with Gasteiger partial charge in [-0.3, -0.25) is 9.13 Å². The van der Waals surface area contributed by atoms with Crippen LogP contribution in [0.4, 0.5) is 5.82 Å². The number of hydrogen-bond donors (Lipinski definition) is 0. The molecule has 10 nitrogen and oxygen atoms in total. The van der Waals surface area contributed by atoms with Gasteiger partial charge in [0.05, 0.1) is 12.2 Å². The van der Waals surface area contributed by atoms with Crippen LogP contribution in [0.5, 0.6) is 0 Å². The van der Waals surface area contributed by atoms with Crippen molar-refractivity contribution in [3.8, 4) is 23.3 Å². The lowest BCUT2D eigenvalue weighted by atomic mass is 9.89. The van der Waals surface area contributed by atoms with Crippen LogP contribution in [-0.2, 0) is 0 Å². The van der Waals surface area contributed by atoms with Gasteiger partial charge in [0, 0.05) is 30.8 Å². The van der Waals surface area contributed by atoms with Crippen LogP contribution in [0.1, 0.15) is 50.3 Å². The third-order valence-corrected chi connectivity index (χ3v) is 6.18. The molecule has 2 aliphatic rings. The van der Waals surface area contributed by atoms with Gasteiger partial charge in [-0.2, -0.15) is 4.98 Å². The summed E-state index contributed by atoms with van der Waals surface area (Å²) in [5, 5.41) is 8.87. The molecule has 1 fully saturated rings. The first kappa shape index (κ1) is 18.1. The molecule has 0 spiro atoms. The molecule has 156 valence electrons. The second-order valence-electron chi connectivity index (χ2n) is 7.93. The van der Waals surface area contributed by atoms with E-state index < -0.39 is 0 Å². The van der Waals surface area contributed by atoms with Gasteiger partial charge in [0.1, 0.15) is 11.5 Å². The van der Waals surface area contributed by atoms with Crippen LogP contribution in [0.15, 0.2) is 37.1 Å². The molecule has 0 radical (unpaired) electrons. The monoisotopic (exact) mass is 414 g/mol. The van der Waals surface area contributed by atoms with Gasteiger partial charge in [-0.05, 0) is 38.7 Å². The molecule has 0 amide bonds. The first-order valence-corrected chi connectivity index (χ1v) is 10.6. The van der Waals surface area contributed by atoms with E-state index in [1.54, 1.807) is 24.7 Å². The van der Waals surface area contributed by atoms with Crippen molar-refractivity contribution >= 4 is 5.82 Å². The molecular formula is C21H22N10. The standard InChI is InChI=1S/C21H22N10/c1-3-15-19-28-27-13(2)30(19)16-12-25-21(26-18(16)31(15)14-6-4-7-14)29-11-10-24-20(29)17-22-8-5-9-23-17/h5,8-12,14-15H,3-4,6-7H2,1-2H3/t15-/m1/s1. The van der Waals surface area contributed by atoms with Gasteiger partial charge >= 0.3 is 0 Å². The summed E-state index contributed by atoms with van der Waals surface area (Å²) in [7, 11) is 0. The molecule has 4 aromatic heterocycles. The van der Waals surface area contributed by atoms with Crippen LogP contribution in [-0.4, -0.2) is 50.3 Å². The summed E-state index contributed by atoms with van der Waals surface area (Å²) in [4.78, 5) is 25.3. The number of fused-ring (bicyclic) bond motifs is 3. The Morgan fingerprint density at radius 3 is 2.61 bits per heavy atom. The molecule has 1 aliphatic heterocycles. The number of imidazole rings is 1. The van der Waals surface area contributed by atoms with Crippen molar-refractivity contribution in [2.75, 3.05) is 4.90 Å². The molecule has 0 saturated heterocycles. The number of anilines is 1. The van der Waals surface area contributed by atoms with Crippen molar-refractivity contribution in [1.82, 2.24) is 44.3 Å². The van der Waals surface area contributed by atoms with Crippen LogP contribution < -0.4 is 4.90 Å². The van der Waals surface area contributed by atoms with Crippen molar-refractivity contribution in [2.45, 2.75) is 51.6 Å².